The molecule has 29 heavy (non-hydrogen) atoms. The third-order valence-corrected chi connectivity index (χ3v) is 4.49. The highest BCUT2D eigenvalue weighted by Crippen LogP contribution is 2.15. The lowest BCUT2D eigenvalue weighted by molar-refractivity contribution is -0.116. The second-order valence-corrected chi connectivity index (χ2v) is 6.56. The summed E-state index contributed by atoms with van der Waals surface area (Å²) in [6.07, 6.45) is 3.11. The van der Waals surface area contributed by atoms with Gasteiger partial charge in [0, 0.05) is 19.5 Å². The molecule has 3 rings (SSSR count). The lowest BCUT2D eigenvalue weighted by Crippen LogP contribution is -2.26. The van der Waals surface area contributed by atoms with Gasteiger partial charge in [-0.15, -0.1) is 6.58 Å². The molecule has 0 aliphatic rings. The average Bonchev–Trinajstić information content (AvgIpc) is 2.72. The van der Waals surface area contributed by atoms with Crippen LogP contribution in [0.4, 0.5) is 5.69 Å². The van der Waals surface area contributed by atoms with Gasteiger partial charge in [-0.3, -0.25) is 19.0 Å². The second kappa shape index (κ2) is 8.97. The number of benzene rings is 2. The number of aryl methyl sites for hydroxylation is 2. The molecule has 148 valence electrons. The van der Waals surface area contributed by atoms with Gasteiger partial charge in [-0.25, -0.2) is 4.98 Å². The number of nitrogens with one attached hydrogen (secondary N) is 2. The van der Waals surface area contributed by atoms with E-state index in [1.165, 1.54) is 10.9 Å². The number of aromatic nitrogens is 2. The highest BCUT2D eigenvalue weighted by Gasteiger charge is 2.13. The maximum absolute atomic E-state index is 12.6. The molecule has 0 aliphatic carbocycles. The molecule has 3 aromatic rings. The van der Waals surface area contributed by atoms with Crippen LogP contribution in [0.25, 0.3) is 10.9 Å². The largest absolute Gasteiger partial charge is 0.349 e. The van der Waals surface area contributed by atoms with Crippen LogP contribution < -0.4 is 16.2 Å². The number of para-hydroxylation sites is 2. The first-order valence-corrected chi connectivity index (χ1v) is 9.24. The van der Waals surface area contributed by atoms with Crippen molar-refractivity contribution in [3.63, 3.8) is 0 Å². The van der Waals surface area contributed by atoms with Gasteiger partial charge in [0.2, 0.25) is 5.91 Å². The molecule has 0 saturated heterocycles. The summed E-state index contributed by atoms with van der Waals surface area (Å²) in [7, 11) is 0. The van der Waals surface area contributed by atoms with E-state index in [1.54, 1.807) is 36.4 Å². The Balaban J connectivity index is 1.71. The zero-order chi connectivity index (χ0) is 20.8. The number of hydrogen-bond acceptors (Lipinski definition) is 4. The van der Waals surface area contributed by atoms with Crippen molar-refractivity contribution >= 4 is 28.4 Å². The maximum Gasteiger partial charge on any atom is 0.261 e. The summed E-state index contributed by atoms with van der Waals surface area (Å²) in [6, 6.07) is 12.2. The van der Waals surface area contributed by atoms with Gasteiger partial charge < -0.3 is 10.6 Å². The van der Waals surface area contributed by atoms with Crippen molar-refractivity contribution in [1.82, 2.24) is 14.9 Å². The Morgan fingerprint density at radius 2 is 1.97 bits per heavy atom. The summed E-state index contributed by atoms with van der Waals surface area (Å²) in [5.74, 6) is -0.601. The van der Waals surface area contributed by atoms with Crippen molar-refractivity contribution in [2.75, 3.05) is 11.9 Å². The Hall–Kier alpha value is -3.74. The van der Waals surface area contributed by atoms with E-state index in [4.69, 9.17) is 0 Å². The smallest absolute Gasteiger partial charge is 0.261 e. The van der Waals surface area contributed by atoms with E-state index >= 15 is 0 Å². The lowest BCUT2D eigenvalue weighted by atomic mass is 10.1. The number of carbonyl (C=O) groups excluding carboxylic acids is 2. The SMILES string of the molecule is C=CCNC(=O)c1ccccc1NC(=O)CCn1cnc2c(C)cccc2c1=O. The van der Waals surface area contributed by atoms with E-state index in [9.17, 15) is 14.4 Å². The Labute approximate surface area is 168 Å². The normalized spacial score (nSPS) is 10.5. The second-order valence-electron chi connectivity index (χ2n) is 6.56. The summed E-state index contributed by atoms with van der Waals surface area (Å²) in [5.41, 5.74) is 2.19. The van der Waals surface area contributed by atoms with Crippen molar-refractivity contribution in [3.05, 3.63) is 82.9 Å². The molecule has 0 fully saturated rings. The summed E-state index contributed by atoms with van der Waals surface area (Å²) < 4.78 is 1.42. The van der Waals surface area contributed by atoms with E-state index in [1.807, 2.05) is 19.1 Å². The minimum atomic E-state index is -0.301. The molecule has 0 aliphatic heterocycles. The highest BCUT2D eigenvalue weighted by molar-refractivity contribution is 6.03. The number of carbonyl (C=O) groups is 2. The van der Waals surface area contributed by atoms with Crippen LogP contribution in [0.1, 0.15) is 22.3 Å². The fraction of sp³-hybridized carbons (Fsp3) is 0.182. The van der Waals surface area contributed by atoms with Crippen molar-refractivity contribution in [2.45, 2.75) is 19.9 Å². The zero-order valence-corrected chi connectivity index (χ0v) is 16.1. The minimum absolute atomic E-state index is 0.0710. The van der Waals surface area contributed by atoms with Gasteiger partial charge in [-0.1, -0.05) is 30.3 Å². The Morgan fingerprint density at radius 3 is 2.76 bits per heavy atom. The number of fused-ring (bicyclic) bond motifs is 1. The van der Waals surface area contributed by atoms with Crippen LogP contribution in [0.15, 0.2) is 66.2 Å². The summed E-state index contributed by atoms with van der Waals surface area (Å²) in [4.78, 5) is 41.6. The fourth-order valence-corrected chi connectivity index (χ4v) is 2.98. The molecular weight excluding hydrogens is 368 g/mol. The Morgan fingerprint density at radius 1 is 1.17 bits per heavy atom. The van der Waals surface area contributed by atoms with Crippen LogP contribution in [-0.4, -0.2) is 27.9 Å². The average molecular weight is 390 g/mol. The summed E-state index contributed by atoms with van der Waals surface area (Å²) in [6.45, 7) is 5.98. The monoisotopic (exact) mass is 390 g/mol. The van der Waals surface area contributed by atoms with Crippen LogP contribution in [0.3, 0.4) is 0 Å². The van der Waals surface area contributed by atoms with Crippen LogP contribution in [0.2, 0.25) is 0 Å². The van der Waals surface area contributed by atoms with Crippen LogP contribution in [-0.2, 0) is 11.3 Å². The first-order chi connectivity index (χ1) is 14.0. The molecule has 0 atom stereocenters. The van der Waals surface area contributed by atoms with E-state index in [2.05, 4.69) is 22.2 Å². The lowest BCUT2D eigenvalue weighted by Gasteiger charge is -2.11. The first kappa shape index (κ1) is 20.0. The van der Waals surface area contributed by atoms with Crippen molar-refractivity contribution in [3.8, 4) is 0 Å². The van der Waals surface area contributed by atoms with E-state index in [0.29, 0.717) is 28.7 Å². The number of amides is 2. The maximum atomic E-state index is 12.6. The fourth-order valence-electron chi connectivity index (χ4n) is 2.98. The number of rotatable bonds is 7. The zero-order valence-electron chi connectivity index (χ0n) is 16.1. The molecule has 1 aromatic heterocycles. The van der Waals surface area contributed by atoms with Gasteiger partial charge >= 0.3 is 0 Å². The van der Waals surface area contributed by atoms with Crippen molar-refractivity contribution in [1.29, 1.82) is 0 Å². The molecule has 7 heteroatoms. The van der Waals surface area contributed by atoms with E-state index in [0.717, 1.165) is 5.56 Å². The molecule has 0 saturated carbocycles. The van der Waals surface area contributed by atoms with E-state index in [-0.39, 0.29) is 30.3 Å². The van der Waals surface area contributed by atoms with E-state index < -0.39 is 0 Å². The summed E-state index contributed by atoms with van der Waals surface area (Å²) >= 11 is 0. The third-order valence-electron chi connectivity index (χ3n) is 4.49. The molecule has 7 nitrogen and oxygen atoms in total. The van der Waals surface area contributed by atoms with Gasteiger partial charge in [0.25, 0.3) is 11.5 Å². The summed E-state index contributed by atoms with van der Waals surface area (Å²) in [5, 5.41) is 5.95. The molecule has 0 spiro atoms. The van der Waals surface area contributed by atoms with Gasteiger partial charge in [0.15, 0.2) is 0 Å². The van der Waals surface area contributed by atoms with Gasteiger partial charge in [0.05, 0.1) is 28.5 Å². The van der Waals surface area contributed by atoms with Crippen molar-refractivity contribution < 1.29 is 9.59 Å². The third kappa shape index (κ3) is 4.57. The molecule has 0 bridgehead atoms. The highest BCUT2D eigenvalue weighted by atomic mass is 16.2. The molecule has 2 N–H and O–H groups in total. The predicted octanol–water partition coefficient (Wildman–Crippen LogP) is 2.65. The first-order valence-electron chi connectivity index (χ1n) is 9.24. The van der Waals surface area contributed by atoms with Crippen molar-refractivity contribution in [2.24, 2.45) is 0 Å². The van der Waals surface area contributed by atoms with Gasteiger partial charge in [0.1, 0.15) is 0 Å². The molecule has 2 aromatic carbocycles. The minimum Gasteiger partial charge on any atom is -0.349 e. The van der Waals surface area contributed by atoms with Gasteiger partial charge in [-0.2, -0.15) is 0 Å². The van der Waals surface area contributed by atoms with Crippen LogP contribution in [0.5, 0.6) is 0 Å². The number of nitrogens with zero attached hydrogens (tertiary/aromatic N) is 2. The number of hydrogen-bond donors (Lipinski definition) is 2. The van der Waals surface area contributed by atoms with Crippen LogP contribution in [0, 0.1) is 6.92 Å². The molecule has 1 heterocycles. The Kier molecular flexibility index (Phi) is 6.19. The molecule has 0 unspecified atom stereocenters. The molecule has 2 amide bonds. The Bertz CT molecular complexity index is 1130. The van der Waals surface area contributed by atoms with Crippen LogP contribution >= 0.6 is 0 Å². The predicted molar refractivity (Wildman–Crippen MR) is 113 cm³/mol. The standard InChI is InChI=1S/C22H22N4O3/c1-3-12-23-21(28)16-8-4-5-10-18(16)25-19(27)11-13-26-14-24-20-15(2)7-6-9-17(20)22(26)29/h3-10,14H,1,11-13H2,2H3,(H,23,28)(H,25,27). The quantitative estimate of drug-likeness (QED) is 0.607. The molecular formula is C22H22N4O3. The van der Waals surface area contributed by atoms with Gasteiger partial charge in [-0.05, 0) is 30.7 Å². The molecule has 0 radical (unpaired) electrons. The number of anilines is 1. The topological polar surface area (TPSA) is 93.1 Å².